The van der Waals surface area contributed by atoms with E-state index in [1.807, 2.05) is 0 Å². The van der Waals surface area contributed by atoms with Gasteiger partial charge >= 0.3 is 18.0 Å². The fourth-order valence-electron chi connectivity index (χ4n) is 2.88. The SMILES string of the molecule is COC(=O)[C@@H](N)Cc1cccc(O)c1.COC(=O)[C@H](Cc1cccc(O)c1)NC(=O)OC(C)(C)C.Cl. The largest absolute Gasteiger partial charge is 0.508 e. The second kappa shape index (κ2) is 15.5. The molecule has 36 heavy (non-hydrogen) atoms. The summed E-state index contributed by atoms with van der Waals surface area (Å²) in [6.07, 6.45) is -0.139. The van der Waals surface area contributed by atoms with Gasteiger partial charge in [0.25, 0.3) is 0 Å². The standard InChI is InChI=1S/C15H21NO5.C10H13NO3.ClH/c1-15(2,3)21-14(19)16-12(13(18)20-4)9-10-6-5-7-11(17)8-10;1-14-10(13)9(11)6-7-3-2-4-8(12)5-7;/h5-8,12,17H,9H2,1-4H3,(H,16,19);2-5,9,12H,6,11H2,1H3;1H/t12-;9-;/m00./s1. The molecule has 5 N–H and O–H groups in total. The van der Waals surface area contributed by atoms with Gasteiger partial charge in [-0.1, -0.05) is 24.3 Å². The highest BCUT2D eigenvalue weighted by Crippen LogP contribution is 2.14. The summed E-state index contributed by atoms with van der Waals surface area (Å²) in [6, 6.07) is 11.5. The number of ether oxygens (including phenoxy) is 3. The average Bonchev–Trinajstić information content (AvgIpc) is 2.76. The summed E-state index contributed by atoms with van der Waals surface area (Å²) in [6.45, 7) is 5.19. The molecule has 0 spiro atoms. The average molecular weight is 527 g/mol. The lowest BCUT2D eigenvalue weighted by Gasteiger charge is -2.22. The van der Waals surface area contributed by atoms with E-state index in [0.717, 1.165) is 5.56 Å². The summed E-state index contributed by atoms with van der Waals surface area (Å²) in [7, 11) is 2.54. The van der Waals surface area contributed by atoms with Crippen molar-refractivity contribution < 1.29 is 38.8 Å². The highest BCUT2D eigenvalue weighted by molar-refractivity contribution is 5.85. The van der Waals surface area contributed by atoms with E-state index in [1.54, 1.807) is 57.2 Å². The lowest BCUT2D eigenvalue weighted by atomic mass is 10.1. The molecule has 0 bridgehead atoms. The van der Waals surface area contributed by atoms with Crippen molar-refractivity contribution in [2.24, 2.45) is 5.73 Å². The Bertz CT molecular complexity index is 994. The summed E-state index contributed by atoms with van der Waals surface area (Å²) in [4.78, 5) is 34.5. The Labute approximate surface area is 217 Å². The smallest absolute Gasteiger partial charge is 0.408 e. The van der Waals surface area contributed by atoms with Crippen LogP contribution in [-0.4, -0.2) is 60.1 Å². The zero-order chi connectivity index (χ0) is 26.6. The fourth-order valence-corrected chi connectivity index (χ4v) is 2.88. The molecule has 2 atom stereocenters. The molecule has 0 saturated carbocycles. The summed E-state index contributed by atoms with van der Waals surface area (Å²) in [5, 5.41) is 21.1. The summed E-state index contributed by atoms with van der Waals surface area (Å²) in [5.41, 5.74) is 6.40. The number of nitrogens with two attached hydrogens (primary N) is 1. The molecule has 1 amide bonds. The third kappa shape index (κ3) is 12.8. The Hall–Kier alpha value is -3.50. The molecular weight excluding hydrogens is 492 g/mol. The van der Waals surface area contributed by atoms with Gasteiger partial charge in [-0.2, -0.15) is 0 Å². The topological polar surface area (TPSA) is 157 Å². The molecule has 0 aromatic heterocycles. The van der Waals surface area contributed by atoms with Crippen LogP contribution in [0.4, 0.5) is 4.79 Å². The number of alkyl carbamates (subject to hydrolysis) is 1. The van der Waals surface area contributed by atoms with Crippen LogP contribution >= 0.6 is 12.4 Å². The lowest BCUT2D eigenvalue weighted by Crippen LogP contribution is -2.45. The van der Waals surface area contributed by atoms with Gasteiger partial charge in [0, 0.05) is 6.42 Å². The van der Waals surface area contributed by atoms with Crippen LogP contribution in [0.15, 0.2) is 48.5 Å². The number of hydrogen-bond donors (Lipinski definition) is 4. The van der Waals surface area contributed by atoms with E-state index in [9.17, 15) is 19.5 Å². The van der Waals surface area contributed by atoms with Crippen LogP contribution in [-0.2, 0) is 36.6 Å². The number of aromatic hydroxyl groups is 2. The van der Waals surface area contributed by atoms with Crippen LogP contribution in [0, 0.1) is 0 Å². The predicted octanol–water partition coefficient (Wildman–Crippen LogP) is 2.86. The number of carbonyl (C=O) groups is 3. The zero-order valence-corrected chi connectivity index (χ0v) is 21.8. The number of rotatable bonds is 7. The van der Waals surface area contributed by atoms with Crippen molar-refractivity contribution in [3.63, 3.8) is 0 Å². The van der Waals surface area contributed by atoms with Gasteiger partial charge in [0.2, 0.25) is 0 Å². The number of halogens is 1. The van der Waals surface area contributed by atoms with Gasteiger partial charge in [0.05, 0.1) is 14.2 Å². The molecule has 0 aliphatic carbocycles. The normalized spacial score (nSPS) is 11.9. The molecule has 0 radical (unpaired) electrons. The number of benzene rings is 2. The van der Waals surface area contributed by atoms with Crippen LogP contribution in [0.2, 0.25) is 0 Å². The van der Waals surface area contributed by atoms with Crippen molar-refractivity contribution in [3.05, 3.63) is 59.7 Å². The van der Waals surface area contributed by atoms with Gasteiger partial charge < -0.3 is 35.5 Å². The molecule has 0 fully saturated rings. The first-order chi connectivity index (χ1) is 16.3. The third-order valence-corrected chi connectivity index (χ3v) is 4.40. The predicted molar refractivity (Wildman–Crippen MR) is 136 cm³/mol. The Kier molecular flexibility index (Phi) is 14.0. The maximum Gasteiger partial charge on any atom is 0.408 e. The highest BCUT2D eigenvalue weighted by atomic mass is 35.5. The molecule has 2 aromatic rings. The van der Waals surface area contributed by atoms with Gasteiger partial charge in [0.1, 0.15) is 29.2 Å². The number of esters is 2. The molecule has 0 aliphatic heterocycles. The van der Waals surface area contributed by atoms with Crippen molar-refractivity contribution in [3.8, 4) is 11.5 Å². The van der Waals surface area contributed by atoms with Crippen LogP contribution in [0.25, 0.3) is 0 Å². The molecule has 0 unspecified atom stereocenters. The Morgan fingerprint density at radius 2 is 1.36 bits per heavy atom. The third-order valence-electron chi connectivity index (χ3n) is 4.40. The van der Waals surface area contributed by atoms with Crippen molar-refractivity contribution in [2.75, 3.05) is 14.2 Å². The van der Waals surface area contributed by atoms with Crippen LogP contribution in [0.1, 0.15) is 31.9 Å². The van der Waals surface area contributed by atoms with E-state index in [0.29, 0.717) is 12.0 Å². The van der Waals surface area contributed by atoms with Gasteiger partial charge in [-0.25, -0.2) is 9.59 Å². The van der Waals surface area contributed by atoms with Crippen molar-refractivity contribution >= 4 is 30.4 Å². The van der Waals surface area contributed by atoms with Crippen LogP contribution < -0.4 is 11.1 Å². The second-order valence-corrected chi connectivity index (χ2v) is 8.60. The summed E-state index contributed by atoms with van der Waals surface area (Å²) >= 11 is 0. The minimum Gasteiger partial charge on any atom is -0.508 e. The Morgan fingerprint density at radius 1 is 0.889 bits per heavy atom. The number of phenols is 2. The molecule has 0 heterocycles. The second-order valence-electron chi connectivity index (χ2n) is 8.60. The number of amides is 1. The first kappa shape index (κ1) is 32.5. The number of phenolic OH excluding ortho intramolecular Hbond substituents is 2. The molecule has 200 valence electrons. The quantitative estimate of drug-likeness (QED) is 0.314. The van der Waals surface area contributed by atoms with E-state index < -0.39 is 35.7 Å². The highest BCUT2D eigenvalue weighted by Gasteiger charge is 2.25. The molecule has 0 saturated heterocycles. The molecular formula is C25H35ClN2O8. The van der Waals surface area contributed by atoms with Crippen LogP contribution in [0.3, 0.4) is 0 Å². The Morgan fingerprint density at radius 3 is 1.78 bits per heavy atom. The monoisotopic (exact) mass is 526 g/mol. The van der Waals surface area contributed by atoms with E-state index in [2.05, 4.69) is 14.8 Å². The van der Waals surface area contributed by atoms with Crippen molar-refractivity contribution in [2.45, 2.75) is 51.3 Å². The van der Waals surface area contributed by atoms with Crippen molar-refractivity contribution in [1.82, 2.24) is 5.32 Å². The van der Waals surface area contributed by atoms with E-state index in [4.69, 9.17) is 15.6 Å². The van der Waals surface area contributed by atoms with Gasteiger partial charge in [0.15, 0.2) is 0 Å². The molecule has 2 rings (SSSR count). The van der Waals surface area contributed by atoms with E-state index in [1.165, 1.54) is 26.4 Å². The molecule has 2 aromatic carbocycles. The Balaban J connectivity index is 0.000000713. The molecule has 10 nitrogen and oxygen atoms in total. The first-order valence-electron chi connectivity index (χ1n) is 10.8. The van der Waals surface area contributed by atoms with Gasteiger partial charge in [-0.15, -0.1) is 12.4 Å². The number of nitrogens with one attached hydrogen (secondary N) is 1. The summed E-state index contributed by atoms with van der Waals surface area (Å²) in [5.74, 6) is -0.773. The maximum atomic E-state index is 11.8. The van der Waals surface area contributed by atoms with Crippen LogP contribution in [0.5, 0.6) is 11.5 Å². The number of methoxy groups -OCH3 is 2. The lowest BCUT2D eigenvalue weighted by molar-refractivity contribution is -0.143. The minimum atomic E-state index is -0.883. The number of carbonyl (C=O) groups excluding carboxylic acids is 3. The zero-order valence-electron chi connectivity index (χ0n) is 21.0. The first-order valence-corrected chi connectivity index (χ1v) is 10.8. The van der Waals surface area contributed by atoms with E-state index in [-0.39, 0.29) is 30.3 Å². The van der Waals surface area contributed by atoms with E-state index >= 15 is 0 Å². The van der Waals surface area contributed by atoms with Gasteiger partial charge in [-0.05, 0) is 62.6 Å². The fraction of sp³-hybridized carbons (Fsp3) is 0.400. The number of hydrogen-bond acceptors (Lipinski definition) is 9. The minimum absolute atomic E-state index is 0. The molecule has 11 heteroatoms. The summed E-state index contributed by atoms with van der Waals surface area (Å²) < 4.78 is 14.3. The van der Waals surface area contributed by atoms with Crippen molar-refractivity contribution in [1.29, 1.82) is 0 Å². The maximum absolute atomic E-state index is 11.8. The van der Waals surface area contributed by atoms with Gasteiger partial charge in [-0.3, -0.25) is 4.79 Å². The molecule has 0 aliphatic rings.